The zero-order valence-electron chi connectivity index (χ0n) is 8.96. The average molecular weight is 286 g/mol. The molecule has 0 aliphatic carbocycles. The van der Waals surface area contributed by atoms with Crippen LogP contribution in [0.5, 0.6) is 0 Å². The van der Waals surface area contributed by atoms with E-state index in [1.807, 2.05) is 13.0 Å². The summed E-state index contributed by atoms with van der Waals surface area (Å²) < 4.78 is 0. The van der Waals surface area contributed by atoms with Crippen LogP contribution in [-0.4, -0.2) is 5.78 Å². The van der Waals surface area contributed by atoms with Crippen LogP contribution >= 0.6 is 34.5 Å². The van der Waals surface area contributed by atoms with E-state index in [1.54, 1.807) is 12.1 Å². The number of halogens is 2. The number of carbonyl (C=O) groups excluding carboxylic acids is 1. The first kappa shape index (κ1) is 12.4. The number of thiophene rings is 1. The summed E-state index contributed by atoms with van der Waals surface area (Å²) in [6, 6.07) is 6.78. The highest BCUT2D eigenvalue weighted by molar-refractivity contribution is 7.14. The first-order valence-electron chi connectivity index (χ1n) is 4.84. The summed E-state index contributed by atoms with van der Waals surface area (Å²) in [6.07, 6.45) is 0. The second-order valence-corrected chi connectivity index (χ2v) is 5.67. The van der Waals surface area contributed by atoms with Crippen molar-refractivity contribution in [3.05, 3.63) is 49.6 Å². The standard InChI is InChI=1S/C12H9Cl2NOS/c1-6-2-3-10(17-6)12(16)7-4-8(13)11(14)9(15)5-7/h2-5H,15H2,1H3. The molecular weight excluding hydrogens is 277 g/mol. The van der Waals surface area contributed by atoms with Gasteiger partial charge in [-0.2, -0.15) is 0 Å². The second kappa shape index (κ2) is 4.69. The third kappa shape index (κ3) is 2.46. The van der Waals surface area contributed by atoms with E-state index in [4.69, 9.17) is 28.9 Å². The van der Waals surface area contributed by atoms with E-state index in [1.165, 1.54) is 17.4 Å². The fourth-order valence-corrected chi connectivity index (χ4v) is 2.61. The molecule has 2 N–H and O–H groups in total. The van der Waals surface area contributed by atoms with Gasteiger partial charge in [-0.05, 0) is 31.2 Å². The highest BCUT2D eigenvalue weighted by Crippen LogP contribution is 2.31. The lowest BCUT2D eigenvalue weighted by atomic mass is 10.1. The van der Waals surface area contributed by atoms with Crippen molar-refractivity contribution in [3.63, 3.8) is 0 Å². The van der Waals surface area contributed by atoms with E-state index in [2.05, 4.69) is 0 Å². The van der Waals surface area contributed by atoms with E-state index in [0.717, 1.165) is 4.88 Å². The maximum Gasteiger partial charge on any atom is 0.203 e. The SMILES string of the molecule is Cc1ccc(C(=O)c2cc(N)c(Cl)c(Cl)c2)s1. The van der Waals surface area contributed by atoms with Gasteiger partial charge in [0.05, 0.1) is 20.6 Å². The minimum absolute atomic E-state index is 0.0895. The number of nitrogens with two attached hydrogens (primary N) is 1. The zero-order valence-corrected chi connectivity index (χ0v) is 11.3. The van der Waals surface area contributed by atoms with Crippen molar-refractivity contribution in [2.75, 3.05) is 5.73 Å². The molecule has 1 aromatic heterocycles. The van der Waals surface area contributed by atoms with Crippen LogP contribution in [0.15, 0.2) is 24.3 Å². The van der Waals surface area contributed by atoms with Crippen molar-refractivity contribution in [1.29, 1.82) is 0 Å². The molecule has 0 spiro atoms. The number of hydrogen-bond acceptors (Lipinski definition) is 3. The van der Waals surface area contributed by atoms with Crippen LogP contribution < -0.4 is 5.73 Å². The molecule has 0 aliphatic rings. The normalized spacial score (nSPS) is 10.5. The molecule has 0 aliphatic heterocycles. The third-order valence-corrected chi connectivity index (χ3v) is 4.10. The number of anilines is 1. The molecule has 0 atom stereocenters. The lowest BCUT2D eigenvalue weighted by molar-refractivity contribution is 0.104. The first-order chi connectivity index (χ1) is 7.99. The summed E-state index contributed by atoms with van der Waals surface area (Å²) >= 11 is 13.2. The molecule has 0 fully saturated rings. The Kier molecular flexibility index (Phi) is 3.43. The lowest BCUT2D eigenvalue weighted by Crippen LogP contribution is -2.00. The maximum absolute atomic E-state index is 12.1. The molecule has 2 aromatic rings. The minimum Gasteiger partial charge on any atom is -0.397 e. The van der Waals surface area contributed by atoms with Crippen molar-refractivity contribution < 1.29 is 4.79 Å². The number of carbonyl (C=O) groups is 1. The lowest BCUT2D eigenvalue weighted by Gasteiger charge is -2.04. The summed E-state index contributed by atoms with van der Waals surface area (Å²) in [6.45, 7) is 1.95. The first-order valence-corrected chi connectivity index (χ1v) is 6.42. The summed E-state index contributed by atoms with van der Waals surface area (Å²) in [5, 5.41) is 0.578. The molecule has 0 unspecified atom stereocenters. The van der Waals surface area contributed by atoms with Crippen LogP contribution in [0.1, 0.15) is 20.1 Å². The number of aryl methyl sites for hydroxylation is 1. The van der Waals surface area contributed by atoms with Gasteiger partial charge >= 0.3 is 0 Å². The van der Waals surface area contributed by atoms with Crippen LogP contribution in [0, 0.1) is 6.92 Å². The van der Waals surface area contributed by atoms with Crippen molar-refractivity contribution in [3.8, 4) is 0 Å². The van der Waals surface area contributed by atoms with Crippen molar-refractivity contribution in [2.24, 2.45) is 0 Å². The number of hydrogen-bond donors (Lipinski definition) is 1. The Morgan fingerprint density at radius 2 is 2.00 bits per heavy atom. The zero-order chi connectivity index (χ0) is 12.6. The van der Waals surface area contributed by atoms with Gasteiger partial charge in [-0.1, -0.05) is 23.2 Å². The molecule has 5 heteroatoms. The average Bonchev–Trinajstić information content (AvgIpc) is 2.71. The van der Waals surface area contributed by atoms with Gasteiger partial charge in [0.15, 0.2) is 0 Å². The summed E-state index contributed by atoms with van der Waals surface area (Å²) in [7, 11) is 0. The largest absolute Gasteiger partial charge is 0.397 e. The summed E-state index contributed by atoms with van der Waals surface area (Å²) in [5.41, 5.74) is 6.45. The fraction of sp³-hybridized carbons (Fsp3) is 0.0833. The van der Waals surface area contributed by atoms with Gasteiger partial charge < -0.3 is 5.73 Å². The van der Waals surface area contributed by atoms with E-state index in [9.17, 15) is 4.79 Å². The van der Waals surface area contributed by atoms with Gasteiger partial charge in [-0.3, -0.25) is 4.79 Å². The van der Waals surface area contributed by atoms with Gasteiger partial charge in [-0.25, -0.2) is 0 Å². The maximum atomic E-state index is 12.1. The van der Waals surface area contributed by atoms with Gasteiger partial charge in [0.2, 0.25) is 5.78 Å². The molecule has 17 heavy (non-hydrogen) atoms. The van der Waals surface area contributed by atoms with Crippen LogP contribution in [-0.2, 0) is 0 Å². The predicted octanol–water partition coefficient (Wildman–Crippen LogP) is 4.18. The molecule has 1 aromatic carbocycles. The Hall–Kier alpha value is -1.03. The molecule has 88 valence electrons. The molecule has 0 saturated heterocycles. The number of rotatable bonds is 2. The number of benzene rings is 1. The smallest absolute Gasteiger partial charge is 0.203 e. The molecular formula is C12H9Cl2NOS. The Morgan fingerprint density at radius 3 is 2.53 bits per heavy atom. The van der Waals surface area contributed by atoms with E-state index < -0.39 is 0 Å². The Morgan fingerprint density at radius 1 is 1.29 bits per heavy atom. The van der Waals surface area contributed by atoms with Crippen LogP contribution in [0.25, 0.3) is 0 Å². The van der Waals surface area contributed by atoms with Gasteiger partial charge in [0, 0.05) is 10.4 Å². The molecule has 1 heterocycles. The monoisotopic (exact) mass is 285 g/mol. The van der Waals surface area contributed by atoms with Crippen molar-refractivity contribution in [1.82, 2.24) is 0 Å². The predicted molar refractivity (Wildman–Crippen MR) is 73.4 cm³/mol. The highest BCUT2D eigenvalue weighted by atomic mass is 35.5. The minimum atomic E-state index is -0.0895. The van der Waals surface area contributed by atoms with Crippen molar-refractivity contribution in [2.45, 2.75) is 6.92 Å². The van der Waals surface area contributed by atoms with E-state index in [-0.39, 0.29) is 10.8 Å². The third-order valence-electron chi connectivity index (χ3n) is 2.28. The molecule has 0 radical (unpaired) electrons. The molecule has 0 saturated carbocycles. The summed E-state index contributed by atoms with van der Waals surface area (Å²) in [4.78, 5) is 13.9. The van der Waals surface area contributed by atoms with Crippen molar-refractivity contribution >= 4 is 46.0 Å². The molecule has 2 nitrogen and oxygen atoms in total. The number of nitrogen functional groups attached to an aromatic ring is 1. The molecule has 0 bridgehead atoms. The van der Waals surface area contributed by atoms with E-state index in [0.29, 0.717) is 21.2 Å². The highest BCUT2D eigenvalue weighted by Gasteiger charge is 2.14. The van der Waals surface area contributed by atoms with Gasteiger partial charge in [-0.15, -0.1) is 11.3 Å². The van der Waals surface area contributed by atoms with Crippen LogP contribution in [0.2, 0.25) is 10.0 Å². The topological polar surface area (TPSA) is 43.1 Å². The quantitative estimate of drug-likeness (QED) is 0.665. The van der Waals surface area contributed by atoms with E-state index >= 15 is 0 Å². The Balaban J connectivity index is 2.44. The molecule has 0 amide bonds. The van der Waals surface area contributed by atoms with Gasteiger partial charge in [0.1, 0.15) is 0 Å². The van der Waals surface area contributed by atoms with Crippen LogP contribution in [0.3, 0.4) is 0 Å². The Labute approximate surface area is 113 Å². The van der Waals surface area contributed by atoms with Crippen LogP contribution in [0.4, 0.5) is 5.69 Å². The number of ketones is 1. The Bertz CT molecular complexity index is 569. The van der Waals surface area contributed by atoms with Gasteiger partial charge in [0.25, 0.3) is 0 Å². The second-order valence-electron chi connectivity index (χ2n) is 3.60. The summed E-state index contributed by atoms with van der Waals surface area (Å²) in [5.74, 6) is -0.0895. The fourth-order valence-electron chi connectivity index (χ4n) is 1.44. The molecule has 2 rings (SSSR count).